The third-order valence-corrected chi connectivity index (χ3v) is 7.63. The molecular weight excluding hydrogens is 458 g/mol. The van der Waals surface area contributed by atoms with Gasteiger partial charge < -0.3 is 15.2 Å². The maximum absolute atomic E-state index is 14.0. The van der Waals surface area contributed by atoms with Crippen molar-refractivity contribution < 1.29 is 24.2 Å². The van der Waals surface area contributed by atoms with Gasteiger partial charge in [-0.15, -0.1) is 0 Å². The molecule has 0 aromatic heterocycles. The number of amides is 3. The Morgan fingerprint density at radius 1 is 0.944 bits per heavy atom. The summed E-state index contributed by atoms with van der Waals surface area (Å²) >= 11 is 0. The van der Waals surface area contributed by atoms with Gasteiger partial charge in [0.2, 0.25) is 17.7 Å². The second-order valence-electron chi connectivity index (χ2n) is 9.51. The third-order valence-electron chi connectivity index (χ3n) is 7.63. The lowest BCUT2D eigenvalue weighted by molar-refractivity contribution is -0.143. The summed E-state index contributed by atoms with van der Waals surface area (Å²) in [6.45, 7) is 0.0694. The van der Waals surface area contributed by atoms with Crippen LogP contribution in [0.1, 0.15) is 16.7 Å². The first-order valence-electron chi connectivity index (χ1n) is 11.9. The van der Waals surface area contributed by atoms with Gasteiger partial charge in [-0.2, -0.15) is 0 Å². The van der Waals surface area contributed by atoms with Gasteiger partial charge in [0.1, 0.15) is 17.0 Å². The van der Waals surface area contributed by atoms with E-state index in [1.54, 1.807) is 43.5 Å². The molecule has 3 heterocycles. The molecule has 182 valence electrons. The van der Waals surface area contributed by atoms with Crippen molar-refractivity contribution in [2.24, 2.45) is 11.8 Å². The Labute approximate surface area is 207 Å². The summed E-state index contributed by atoms with van der Waals surface area (Å²) in [6.07, 6.45) is 0.417. The molecule has 36 heavy (non-hydrogen) atoms. The number of phenols is 1. The van der Waals surface area contributed by atoms with E-state index in [9.17, 15) is 19.5 Å². The monoisotopic (exact) mass is 483 g/mol. The molecule has 3 N–H and O–H groups in total. The summed E-state index contributed by atoms with van der Waals surface area (Å²) in [4.78, 5) is 42.7. The van der Waals surface area contributed by atoms with E-state index >= 15 is 0 Å². The number of ether oxygens (including phenoxy) is 1. The number of rotatable bonds is 5. The highest BCUT2D eigenvalue weighted by molar-refractivity contribution is 6.15. The highest BCUT2D eigenvalue weighted by atomic mass is 16.5. The first kappa shape index (κ1) is 22.3. The van der Waals surface area contributed by atoms with Crippen molar-refractivity contribution in [2.45, 2.75) is 24.5 Å². The van der Waals surface area contributed by atoms with Crippen molar-refractivity contribution in [2.75, 3.05) is 12.4 Å². The van der Waals surface area contributed by atoms with E-state index in [1.807, 2.05) is 36.4 Å². The van der Waals surface area contributed by atoms with Gasteiger partial charge in [0.05, 0.1) is 25.5 Å². The van der Waals surface area contributed by atoms with Crippen LogP contribution < -0.4 is 15.4 Å². The summed E-state index contributed by atoms with van der Waals surface area (Å²) in [6, 6.07) is 20.9. The maximum Gasteiger partial charge on any atom is 0.250 e. The molecule has 3 amide bonds. The predicted molar refractivity (Wildman–Crippen MR) is 131 cm³/mol. The topological polar surface area (TPSA) is 108 Å². The zero-order chi connectivity index (χ0) is 25.0. The number of hydrogen-bond acceptors (Lipinski definition) is 6. The Kier molecular flexibility index (Phi) is 5.08. The van der Waals surface area contributed by atoms with Crippen LogP contribution in [0.3, 0.4) is 0 Å². The average Bonchev–Trinajstić information content (AvgIpc) is 3.46. The SMILES string of the molecule is COc1ccccc1CN1C(=O)[C@@H]2[C@H](Cc3ccc(O)cc3)N[C@]3(C(=O)Nc4ccccc43)[C@@H]2C1=O. The molecule has 0 aliphatic carbocycles. The number of carbonyl (C=O) groups excluding carboxylic acids is 3. The second-order valence-corrected chi connectivity index (χ2v) is 9.51. The van der Waals surface area contributed by atoms with Gasteiger partial charge >= 0.3 is 0 Å². The quantitative estimate of drug-likeness (QED) is 0.482. The molecule has 8 nitrogen and oxygen atoms in total. The van der Waals surface area contributed by atoms with Crippen molar-refractivity contribution in [3.63, 3.8) is 0 Å². The molecule has 0 radical (unpaired) electrons. The normalized spacial score (nSPS) is 26.3. The summed E-state index contributed by atoms with van der Waals surface area (Å²) in [5.41, 5.74) is 1.58. The zero-order valence-electron chi connectivity index (χ0n) is 19.6. The molecule has 3 aliphatic rings. The van der Waals surface area contributed by atoms with Crippen LogP contribution in [0.5, 0.6) is 11.5 Å². The van der Waals surface area contributed by atoms with Crippen molar-refractivity contribution in [3.8, 4) is 11.5 Å². The van der Waals surface area contributed by atoms with Gasteiger partial charge in [0.25, 0.3) is 0 Å². The van der Waals surface area contributed by atoms with Crippen LogP contribution in [0.2, 0.25) is 0 Å². The minimum Gasteiger partial charge on any atom is -0.508 e. The minimum absolute atomic E-state index is 0.0694. The van der Waals surface area contributed by atoms with Crippen LogP contribution in [-0.2, 0) is 32.9 Å². The van der Waals surface area contributed by atoms with E-state index in [1.165, 1.54) is 4.90 Å². The molecule has 0 unspecified atom stereocenters. The van der Waals surface area contributed by atoms with Gasteiger partial charge in [-0.3, -0.25) is 24.6 Å². The lowest BCUT2D eigenvalue weighted by atomic mass is 9.76. The van der Waals surface area contributed by atoms with Crippen LogP contribution in [-0.4, -0.2) is 40.9 Å². The fourth-order valence-corrected chi connectivity index (χ4v) is 6.04. The Morgan fingerprint density at radius 3 is 2.44 bits per heavy atom. The van der Waals surface area contributed by atoms with E-state index < -0.39 is 23.4 Å². The lowest BCUT2D eigenvalue weighted by Gasteiger charge is -2.29. The fraction of sp³-hybridized carbons (Fsp3) is 0.250. The van der Waals surface area contributed by atoms with Gasteiger partial charge in [-0.25, -0.2) is 0 Å². The van der Waals surface area contributed by atoms with Gasteiger partial charge in [-0.05, 0) is 36.2 Å². The van der Waals surface area contributed by atoms with E-state index in [4.69, 9.17) is 4.74 Å². The number of phenolic OH excluding ortho intramolecular Hbond substituents is 1. The first-order valence-corrected chi connectivity index (χ1v) is 11.9. The highest BCUT2D eigenvalue weighted by Gasteiger charge is 2.70. The first-order chi connectivity index (χ1) is 17.4. The van der Waals surface area contributed by atoms with E-state index in [2.05, 4.69) is 10.6 Å². The predicted octanol–water partition coefficient (Wildman–Crippen LogP) is 2.56. The van der Waals surface area contributed by atoms with Gasteiger partial charge in [-0.1, -0.05) is 48.5 Å². The Balaban J connectivity index is 1.43. The number of carbonyl (C=O) groups is 3. The Morgan fingerprint density at radius 2 is 1.67 bits per heavy atom. The van der Waals surface area contributed by atoms with Crippen molar-refractivity contribution in [1.82, 2.24) is 10.2 Å². The molecule has 0 saturated carbocycles. The summed E-state index contributed by atoms with van der Waals surface area (Å²) in [7, 11) is 1.55. The van der Waals surface area contributed by atoms with Crippen LogP contribution in [0, 0.1) is 11.8 Å². The summed E-state index contributed by atoms with van der Waals surface area (Å²) < 4.78 is 5.44. The summed E-state index contributed by atoms with van der Waals surface area (Å²) in [5, 5.41) is 16.0. The average molecular weight is 484 g/mol. The minimum atomic E-state index is -1.34. The molecule has 8 heteroatoms. The van der Waals surface area contributed by atoms with E-state index in [0.717, 1.165) is 11.1 Å². The molecule has 2 fully saturated rings. The number of likely N-dealkylation sites (tertiary alicyclic amines) is 1. The molecule has 6 rings (SSSR count). The smallest absolute Gasteiger partial charge is 0.250 e. The molecule has 1 spiro atoms. The molecule has 3 aromatic rings. The number of methoxy groups -OCH3 is 1. The number of fused-ring (bicyclic) bond motifs is 4. The number of anilines is 1. The van der Waals surface area contributed by atoms with Crippen LogP contribution in [0.25, 0.3) is 0 Å². The standard InChI is InChI=1S/C28H25N3O5/c1-36-22-9-5-2-6-17(22)15-31-25(33)23-21(14-16-10-12-18(32)13-11-16)30-28(24(23)26(31)34)19-7-3-4-8-20(19)29-27(28)35/h2-13,21,23-24,30,32H,14-15H2,1H3,(H,29,35)/t21-,23+,24-,28-/m0/s1. The largest absolute Gasteiger partial charge is 0.508 e. The highest BCUT2D eigenvalue weighted by Crippen LogP contribution is 2.53. The molecular formula is C28H25N3O5. The lowest BCUT2D eigenvalue weighted by Crippen LogP contribution is -2.53. The number of hydrogen-bond donors (Lipinski definition) is 3. The van der Waals surface area contributed by atoms with Crippen molar-refractivity contribution >= 4 is 23.4 Å². The Bertz CT molecular complexity index is 1390. The Hall–Kier alpha value is -4.17. The van der Waals surface area contributed by atoms with E-state index in [-0.39, 0.29) is 30.0 Å². The number of imide groups is 1. The number of aromatic hydroxyl groups is 1. The number of nitrogens with one attached hydrogen (secondary N) is 2. The van der Waals surface area contributed by atoms with Gasteiger partial charge in [0.15, 0.2) is 0 Å². The number of nitrogens with zero attached hydrogens (tertiary/aromatic N) is 1. The fourth-order valence-electron chi connectivity index (χ4n) is 6.04. The van der Waals surface area contributed by atoms with Crippen molar-refractivity contribution in [3.05, 3.63) is 89.5 Å². The number of para-hydroxylation sites is 2. The van der Waals surface area contributed by atoms with Crippen LogP contribution >= 0.6 is 0 Å². The molecule has 2 saturated heterocycles. The van der Waals surface area contributed by atoms with Crippen molar-refractivity contribution in [1.29, 1.82) is 0 Å². The molecule has 4 atom stereocenters. The zero-order valence-corrected chi connectivity index (χ0v) is 19.6. The summed E-state index contributed by atoms with van der Waals surface area (Å²) in [5.74, 6) is -1.88. The maximum atomic E-state index is 14.0. The second kappa shape index (κ2) is 8.20. The number of benzene rings is 3. The molecule has 0 bridgehead atoms. The van der Waals surface area contributed by atoms with E-state index in [0.29, 0.717) is 23.4 Å². The molecule has 3 aromatic carbocycles. The van der Waals surface area contributed by atoms with Gasteiger partial charge in [0, 0.05) is 22.9 Å². The van der Waals surface area contributed by atoms with Crippen LogP contribution in [0.4, 0.5) is 5.69 Å². The molecule has 3 aliphatic heterocycles. The third kappa shape index (κ3) is 3.14. The van der Waals surface area contributed by atoms with Crippen LogP contribution in [0.15, 0.2) is 72.8 Å².